The van der Waals surface area contributed by atoms with E-state index < -0.39 is 5.41 Å². The fraction of sp³-hybridized carbons (Fsp3) is 0.909. The summed E-state index contributed by atoms with van der Waals surface area (Å²) in [5.41, 5.74) is -0.415. The van der Waals surface area contributed by atoms with Crippen molar-refractivity contribution < 1.29 is 9.90 Å². The number of carbonyl (C=O) groups is 1. The monoisotopic (exact) mass is 184 g/mol. The van der Waals surface area contributed by atoms with Crippen LogP contribution in [-0.4, -0.2) is 17.5 Å². The predicted molar refractivity (Wildman–Crippen MR) is 52.4 cm³/mol. The highest BCUT2D eigenvalue weighted by Gasteiger charge is 2.47. The first-order valence-electron chi connectivity index (χ1n) is 4.96. The first-order valence-corrected chi connectivity index (χ1v) is 4.96. The molecule has 0 unspecified atom stereocenters. The van der Waals surface area contributed by atoms with Gasteiger partial charge in [0.05, 0.1) is 6.61 Å². The van der Waals surface area contributed by atoms with Crippen LogP contribution in [0, 0.1) is 16.7 Å². The maximum absolute atomic E-state index is 11.9. The lowest BCUT2D eigenvalue weighted by Crippen LogP contribution is -2.33. The smallest absolute Gasteiger partial charge is 0.144 e. The molecular formula is C11H20O2. The minimum absolute atomic E-state index is 0.00157. The van der Waals surface area contributed by atoms with Gasteiger partial charge in [0.2, 0.25) is 0 Å². The molecule has 2 atom stereocenters. The average molecular weight is 184 g/mol. The first-order chi connectivity index (χ1) is 5.81. The quantitative estimate of drug-likeness (QED) is 0.677. The Hall–Kier alpha value is -0.370. The van der Waals surface area contributed by atoms with E-state index in [2.05, 4.69) is 20.8 Å². The van der Waals surface area contributed by atoms with Crippen LogP contribution < -0.4 is 0 Å². The maximum atomic E-state index is 11.9. The van der Waals surface area contributed by atoms with Crippen molar-refractivity contribution in [3.05, 3.63) is 0 Å². The molecule has 0 heterocycles. The van der Waals surface area contributed by atoms with Crippen molar-refractivity contribution in [3.63, 3.8) is 0 Å². The van der Waals surface area contributed by atoms with Crippen molar-refractivity contribution >= 4 is 5.78 Å². The number of rotatable bonds is 1. The molecule has 13 heavy (non-hydrogen) atoms. The highest BCUT2D eigenvalue weighted by atomic mass is 16.3. The molecule has 0 amide bonds. The van der Waals surface area contributed by atoms with E-state index in [4.69, 9.17) is 5.11 Å². The molecule has 2 nitrogen and oxygen atoms in total. The summed E-state index contributed by atoms with van der Waals surface area (Å²) in [5.74, 6) is 0.382. The summed E-state index contributed by atoms with van der Waals surface area (Å²) >= 11 is 0. The van der Waals surface area contributed by atoms with Crippen LogP contribution in [-0.2, 0) is 4.79 Å². The molecule has 0 aromatic carbocycles. The number of aliphatic hydroxyl groups excluding tert-OH is 1. The van der Waals surface area contributed by atoms with Crippen molar-refractivity contribution in [1.82, 2.24) is 0 Å². The lowest BCUT2D eigenvalue weighted by atomic mass is 9.76. The summed E-state index contributed by atoms with van der Waals surface area (Å²) in [7, 11) is 0. The third-order valence-corrected chi connectivity index (χ3v) is 3.29. The highest BCUT2D eigenvalue weighted by Crippen LogP contribution is 2.45. The van der Waals surface area contributed by atoms with Gasteiger partial charge in [0.1, 0.15) is 5.78 Å². The molecule has 0 aromatic rings. The van der Waals surface area contributed by atoms with E-state index in [-0.39, 0.29) is 23.7 Å². The van der Waals surface area contributed by atoms with Crippen LogP contribution in [0.15, 0.2) is 0 Å². The van der Waals surface area contributed by atoms with E-state index >= 15 is 0 Å². The van der Waals surface area contributed by atoms with E-state index in [1.54, 1.807) is 0 Å². The van der Waals surface area contributed by atoms with Gasteiger partial charge in [-0.05, 0) is 18.3 Å². The molecule has 1 aliphatic carbocycles. The first kappa shape index (κ1) is 10.7. The van der Waals surface area contributed by atoms with Crippen LogP contribution in [0.1, 0.15) is 40.5 Å². The van der Waals surface area contributed by atoms with Gasteiger partial charge in [-0.15, -0.1) is 0 Å². The Morgan fingerprint density at radius 3 is 2.31 bits per heavy atom. The van der Waals surface area contributed by atoms with Gasteiger partial charge in [0, 0.05) is 11.3 Å². The number of hydrogen-bond donors (Lipinski definition) is 1. The zero-order valence-corrected chi connectivity index (χ0v) is 9.05. The summed E-state index contributed by atoms with van der Waals surface area (Å²) in [6.45, 7) is 8.16. The third-order valence-electron chi connectivity index (χ3n) is 3.29. The second kappa shape index (κ2) is 3.09. The normalized spacial score (nSPS) is 35.5. The molecule has 76 valence electrons. The Morgan fingerprint density at radius 1 is 1.54 bits per heavy atom. The largest absolute Gasteiger partial charge is 0.395 e. The number of ketones is 1. The summed E-state index contributed by atoms with van der Waals surface area (Å²) < 4.78 is 0. The number of aliphatic hydroxyl groups is 1. The van der Waals surface area contributed by atoms with Crippen LogP contribution in [0.3, 0.4) is 0 Å². The number of hydrogen-bond acceptors (Lipinski definition) is 2. The van der Waals surface area contributed by atoms with Gasteiger partial charge in [0.15, 0.2) is 0 Å². The molecular weight excluding hydrogens is 164 g/mol. The highest BCUT2D eigenvalue weighted by molar-refractivity contribution is 5.89. The SMILES string of the molecule is CC(C)(C)[C@H]1CC[C@@](C)(CO)C1=O. The van der Waals surface area contributed by atoms with E-state index in [9.17, 15) is 4.79 Å². The Labute approximate surface area is 80.3 Å². The van der Waals surface area contributed by atoms with Crippen molar-refractivity contribution in [2.24, 2.45) is 16.7 Å². The summed E-state index contributed by atoms with van der Waals surface area (Å²) in [5, 5.41) is 9.16. The zero-order valence-electron chi connectivity index (χ0n) is 9.05. The van der Waals surface area contributed by atoms with Crippen LogP contribution in [0.4, 0.5) is 0 Å². The molecule has 1 N–H and O–H groups in total. The molecule has 0 saturated heterocycles. The summed E-state index contributed by atoms with van der Waals surface area (Å²) in [6.07, 6.45) is 1.77. The van der Waals surface area contributed by atoms with Gasteiger partial charge >= 0.3 is 0 Å². The van der Waals surface area contributed by atoms with Crippen molar-refractivity contribution in [2.45, 2.75) is 40.5 Å². The lowest BCUT2D eigenvalue weighted by molar-refractivity contribution is -0.132. The number of carbonyl (C=O) groups excluding carboxylic acids is 1. The fourth-order valence-corrected chi connectivity index (χ4v) is 2.12. The topological polar surface area (TPSA) is 37.3 Å². The molecule has 2 heteroatoms. The summed E-state index contributed by atoms with van der Waals surface area (Å²) in [6, 6.07) is 0. The standard InChI is InChI=1S/C11H20O2/c1-10(2,3)8-5-6-11(4,7-12)9(8)13/h8,12H,5-7H2,1-4H3/t8-,11-/m0/s1. The van der Waals surface area contributed by atoms with Crippen molar-refractivity contribution in [1.29, 1.82) is 0 Å². The van der Waals surface area contributed by atoms with Gasteiger partial charge in [-0.25, -0.2) is 0 Å². The van der Waals surface area contributed by atoms with Crippen LogP contribution >= 0.6 is 0 Å². The van der Waals surface area contributed by atoms with Crippen LogP contribution in [0.5, 0.6) is 0 Å². The molecule has 1 saturated carbocycles. The second-order valence-corrected chi connectivity index (χ2v) is 5.54. The Kier molecular flexibility index (Phi) is 2.54. The second-order valence-electron chi connectivity index (χ2n) is 5.54. The van der Waals surface area contributed by atoms with E-state index in [1.165, 1.54) is 0 Å². The third kappa shape index (κ3) is 1.78. The van der Waals surface area contributed by atoms with Crippen LogP contribution in [0.2, 0.25) is 0 Å². The minimum Gasteiger partial charge on any atom is -0.395 e. The Morgan fingerprint density at radius 2 is 2.08 bits per heavy atom. The number of Topliss-reactive ketones (excluding diaryl/α,β-unsaturated/α-hetero) is 1. The van der Waals surface area contributed by atoms with Crippen LogP contribution in [0.25, 0.3) is 0 Å². The predicted octanol–water partition coefficient (Wildman–Crippen LogP) is 2.01. The Balaban J connectivity index is 2.83. The van der Waals surface area contributed by atoms with E-state index in [1.807, 2.05) is 6.92 Å². The zero-order chi connectivity index (χ0) is 10.3. The molecule has 0 radical (unpaired) electrons. The van der Waals surface area contributed by atoms with Crippen molar-refractivity contribution in [2.75, 3.05) is 6.61 Å². The fourth-order valence-electron chi connectivity index (χ4n) is 2.12. The Bertz CT molecular complexity index is 215. The van der Waals surface area contributed by atoms with Crippen molar-refractivity contribution in [3.8, 4) is 0 Å². The van der Waals surface area contributed by atoms with Gasteiger partial charge in [-0.1, -0.05) is 27.7 Å². The molecule has 1 rings (SSSR count). The van der Waals surface area contributed by atoms with E-state index in [0.717, 1.165) is 12.8 Å². The molecule has 0 aromatic heterocycles. The van der Waals surface area contributed by atoms with Gasteiger partial charge in [-0.2, -0.15) is 0 Å². The molecule has 1 fully saturated rings. The molecule has 1 aliphatic rings. The molecule has 0 aliphatic heterocycles. The van der Waals surface area contributed by atoms with E-state index in [0.29, 0.717) is 0 Å². The van der Waals surface area contributed by atoms with Gasteiger partial charge < -0.3 is 5.11 Å². The molecule has 0 spiro atoms. The van der Waals surface area contributed by atoms with Gasteiger partial charge in [-0.3, -0.25) is 4.79 Å². The maximum Gasteiger partial charge on any atom is 0.144 e. The minimum atomic E-state index is -0.460. The average Bonchev–Trinajstić information content (AvgIpc) is 2.29. The molecule has 0 bridgehead atoms. The lowest BCUT2D eigenvalue weighted by Gasteiger charge is -2.27. The van der Waals surface area contributed by atoms with Gasteiger partial charge in [0.25, 0.3) is 0 Å². The summed E-state index contributed by atoms with van der Waals surface area (Å²) in [4.78, 5) is 11.9.